The second-order valence-corrected chi connectivity index (χ2v) is 5.92. The second-order valence-electron chi connectivity index (χ2n) is 5.92. The molecule has 2 aliphatic rings. The fourth-order valence-electron chi connectivity index (χ4n) is 3.47. The Morgan fingerprint density at radius 3 is 2.56 bits per heavy atom. The van der Waals surface area contributed by atoms with Crippen molar-refractivity contribution >= 4 is 5.91 Å². The lowest BCUT2D eigenvalue weighted by Crippen LogP contribution is -2.49. The van der Waals surface area contributed by atoms with Crippen LogP contribution in [0.5, 0.6) is 0 Å². The average molecular weight is 221 g/mol. The van der Waals surface area contributed by atoms with Crippen LogP contribution in [0.3, 0.4) is 0 Å². The Kier molecular flexibility index (Phi) is 2.64. The molecule has 2 unspecified atom stereocenters. The Labute approximate surface area is 98.7 Å². The molecule has 1 aliphatic heterocycles. The van der Waals surface area contributed by atoms with Crippen LogP contribution in [-0.4, -0.2) is 22.9 Å². The topological polar surface area (TPSA) is 20.3 Å². The molecule has 2 bridgehead atoms. The number of hydrogen-bond donors (Lipinski definition) is 0. The third-order valence-electron chi connectivity index (χ3n) is 5.03. The maximum Gasteiger partial charge on any atom is 0.227 e. The highest BCUT2D eigenvalue weighted by Gasteiger charge is 2.64. The van der Waals surface area contributed by atoms with Crippen molar-refractivity contribution in [3.63, 3.8) is 0 Å². The Hall–Kier alpha value is -0.790. The molecular weight excluding hydrogens is 198 g/mol. The van der Waals surface area contributed by atoms with Gasteiger partial charge in [0.2, 0.25) is 5.91 Å². The molecule has 1 saturated carbocycles. The van der Waals surface area contributed by atoms with E-state index in [-0.39, 0.29) is 16.9 Å². The van der Waals surface area contributed by atoms with Gasteiger partial charge in [-0.05, 0) is 31.6 Å². The Balaban J connectivity index is 2.22. The van der Waals surface area contributed by atoms with Gasteiger partial charge in [-0.15, -0.1) is 0 Å². The van der Waals surface area contributed by atoms with Crippen molar-refractivity contribution in [3.8, 4) is 0 Å². The van der Waals surface area contributed by atoms with Crippen LogP contribution in [0.15, 0.2) is 12.2 Å². The first-order valence-corrected chi connectivity index (χ1v) is 6.41. The molecule has 1 heterocycles. The van der Waals surface area contributed by atoms with Crippen LogP contribution in [0.2, 0.25) is 0 Å². The van der Waals surface area contributed by atoms with E-state index in [0.717, 1.165) is 25.8 Å². The largest absolute Gasteiger partial charge is 0.333 e. The van der Waals surface area contributed by atoms with Gasteiger partial charge in [0.25, 0.3) is 0 Å². The normalized spacial score (nSPS) is 36.6. The third-order valence-corrected chi connectivity index (χ3v) is 5.03. The van der Waals surface area contributed by atoms with Crippen LogP contribution in [0.4, 0.5) is 0 Å². The van der Waals surface area contributed by atoms with E-state index in [1.165, 1.54) is 0 Å². The second kappa shape index (κ2) is 3.61. The van der Waals surface area contributed by atoms with Crippen LogP contribution in [0.25, 0.3) is 0 Å². The Bertz CT molecular complexity index is 332. The van der Waals surface area contributed by atoms with Crippen molar-refractivity contribution in [3.05, 3.63) is 12.2 Å². The summed E-state index contributed by atoms with van der Waals surface area (Å²) in [6.07, 6.45) is 7.58. The quantitative estimate of drug-likeness (QED) is 0.671. The number of carbonyl (C=O) groups is 1. The molecule has 90 valence electrons. The Morgan fingerprint density at radius 2 is 2.06 bits per heavy atom. The highest BCUT2D eigenvalue weighted by atomic mass is 16.2. The van der Waals surface area contributed by atoms with E-state index < -0.39 is 0 Å². The molecule has 0 aromatic rings. The van der Waals surface area contributed by atoms with E-state index in [1.807, 2.05) is 0 Å². The highest BCUT2D eigenvalue weighted by Crippen LogP contribution is 2.59. The number of carbonyl (C=O) groups excluding carboxylic acids is 1. The van der Waals surface area contributed by atoms with Gasteiger partial charge in [0, 0.05) is 18.0 Å². The Morgan fingerprint density at radius 1 is 1.38 bits per heavy atom. The predicted molar refractivity (Wildman–Crippen MR) is 66.1 cm³/mol. The summed E-state index contributed by atoms with van der Waals surface area (Å²) in [6, 6.07) is 0. The van der Waals surface area contributed by atoms with Gasteiger partial charge in [0.15, 0.2) is 0 Å². The molecule has 0 spiro atoms. The zero-order valence-electron chi connectivity index (χ0n) is 10.9. The number of allylic oxidation sites excluding steroid dienone is 1. The van der Waals surface area contributed by atoms with Gasteiger partial charge in [-0.3, -0.25) is 4.79 Å². The number of nitrogens with zero attached hydrogens (tertiary/aromatic N) is 1. The lowest BCUT2D eigenvalue weighted by molar-refractivity contribution is -0.135. The molecule has 0 aromatic carbocycles. The molecule has 1 saturated heterocycles. The zero-order valence-corrected chi connectivity index (χ0v) is 10.9. The summed E-state index contributed by atoms with van der Waals surface area (Å²) < 4.78 is 0. The highest BCUT2D eigenvalue weighted by molar-refractivity contribution is 5.85. The molecule has 2 heteroatoms. The van der Waals surface area contributed by atoms with Crippen molar-refractivity contribution in [2.75, 3.05) is 6.54 Å². The molecule has 16 heavy (non-hydrogen) atoms. The van der Waals surface area contributed by atoms with Crippen molar-refractivity contribution in [1.82, 2.24) is 4.90 Å². The number of fused-ring (bicyclic) bond motifs is 2. The molecule has 1 amide bonds. The van der Waals surface area contributed by atoms with Gasteiger partial charge in [-0.2, -0.15) is 0 Å². The first-order chi connectivity index (χ1) is 7.45. The van der Waals surface area contributed by atoms with Crippen LogP contribution in [0, 0.1) is 11.3 Å². The molecule has 1 aliphatic carbocycles. The van der Waals surface area contributed by atoms with Crippen molar-refractivity contribution < 1.29 is 4.79 Å². The minimum absolute atomic E-state index is 0.0762. The summed E-state index contributed by atoms with van der Waals surface area (Å²) >= 11 is 0. The number of likely N-dealkylation sites (tertiary alicyclic amines) is 1. The van der Waals surface area contributed by atoms with E-state index in [0.29, 0.717) is 5.91 Å². The summed E-state index contributed by atoms with van der Waals surface area (Å²) in [4.78, 5) is 14.4. The van der Waals surface area contributed by atoms with Crippen LogP contribution in [0.1, 0.15) is 47.0 Å². The zero-order chi connectivity index (χ0) is 12.0. The molecule has 2 nitrogen and oxygen atoms in total. The van der Waals surface area contributed by atoms with Gasteiger partial charge < -0.3 is 4.90 Å². The summed E-state index contributed by atoms with van der Waals surface area (Å²) in [6.45, 7) is 9.69. The molecule has 0 aromatic heterocycles. The summed E-state index contributed by atoms with van der Waals surface area (Å²) in [7, 11) is 0. The minimum Gasteiger partial charge on any atom is -0.333 e. The fraction of sp³-hybridized carbons (Fsp3) is 0.786. The van der Waals surface area contributed by atoms with Crippen LogP contribution in [-0.2, 0) is 4.79 Å². The van der Waals surface area contributed by atoms with Gasteiger partial charge in [0.1, 0.15) is 0 Å². The molecule has 2 rings (SSSR count). The fourth-order valence-corrected chi connectivity index (χ4v) is 3.47. The third kappa shape index (κ3) is 1.28. The smallest absolute Gasteiger partial charge is 0.227 e. The van der Waals surface area contributed by atoms with E-state index in [9.17, 15) is 4.79 Å². The predicted octanol–water partition coefficient (Wildman–Crippen LogP) is 2.99. The number of amides is 1. The van der Waals surface area contributed by atoms with E-state index in [1.54, 1.807) is 0 Å². The average Bonchev–Trinajstić information content (AvgIpc) is 2.51. The summed E-state index contributed by atoms with van der Waals surface area (Å²) in [5.41, 5.74) is 0.219. The lowest BCUT2D eigenvalue weighted by Gasteiger charge is -2.41. The van der Waals surface area contributed by atoms with Gasteiger partial charge in [0.05, 0.1) is 0 Å². The first-order valence-electron chi connectivity index (χ1n) is 6.41. The first kappa shape index (κ1) is 11.7. The van der Waals surface area contributed by atoms with Gasteiger partial charge in [-0.25, -0.2) is 0 Å². The molecule has 0 N–H and O–H groups in total. The standard InChI is InChI=1S/C14H23NO/c1-5-6-7-10-15-12(16)11-8-9-14(15,4)13(11,2)3/h6-7,11H,5,8-10H2,1-4H3/b7-6-. The maximum absolute atomic E-state index is 12.3. The number of hydrogen-bond acceptors (Lipinski definition) is 1. The summed E-state index contributed by atoms with van der Waals surface area (Å²) in [5.74, 6) is 0.632. The lowest BCUT2D eigenvalue weighted by atomic mass is 9.75. The van der Waals surface area contributed by atoms with E-state index >= 15 is 0 Å². The molecule has 2 atom stereocenters. The SMILES string of the molecule is CC/C=C\CN1C(=O)C2CCC1(C)C2(C)C. The van der Waals surface area contributed by atoms with Crippen molar-refractivity contribution in [1.29, 1.82) is 0 Å². The minimum atomic E-state index is 0.0762. The molecular formula is C14H23NO. The molecule has 0 radical (unpaired) electrons. The van der Waals surface area contributed by atoms with Crippen molar-refractivity contribution in [2.45, 2.75) is 52.5 Å². The maximum atomic E-state index is 12.3. The van der Waals surface area contributed by atoms with Crippen LogP contribution < -0.4 is 0 Å². The van der Waals surface area contributed by atoms with Crippen LogP contribution >= 0.6 is 0 Å². The van der Waals surface area contributed by atoms with E-state index in [2.05, 4.69) is 44.7 Å². The number of piperidine rings is 1. The number of rotatable bonds is 3. The van der Waals surface area contributed by atoms with E-state index in [4.69, 9.17) is 0 Å². The van der Waals surface area contributed by atoms with Gasteiger partial charge in [-0.1, -0.05) is 32.9 Å². The molecule has 2 fully saturated rings. The monoisotopic (exact) mass is 221 g/mol. The van der Waals surface area contributed by atoms with Gasteiger partial charge >= 0.3 is 0 Å². The summed E-state index contributed by atoms with van der Waals surface area (Å²) in [5, 5.41) is 0. The van der Waals surface area contributed by atoms with Crippen molar-refractivity contribution in [2.24, 2.45) is 11.3 Å².